The van der Waals surface area contributed by atoms with Crippen LogP contribution in [0.3, 0.4) is 0 Å². The van der Waals surface area contributed by atoms with E-state index >= 15 is 0 Å². The van der Waals surface area contributed by atoms with E-state index in [4.69, 9.17) is 4.74 Å². The fourth-order valence-electron chi connectivity index (χ4n) is 1.64. The number of rotatable bonds is 6. The van der Waals surface area contributed by atoms with Crippen LogP contribution in [0.25, 0.3) is 0 Å². The second-order valence-electron chi connectivity index (χ2n) is 4.26. The summed E-state index contributed by atoms with van der Waals surface area (Å²) >= 11 is 0. The van der Waals surface area contributed by atoms with Crippen molar-refractivity contribution in [3.63, 3.8) is 0 Å². The van der Waals surface area contributed by atoms with E-state index in [-0.39, 0.29) is 5.78 Å². The molecule has 0 fully saturated rings. The van der Waals surface area contributed by atoms with Crippen molar-refractivity contribution in [2.45, 2.75) is 27.2 Å². The van der Waals surface area contributed by atoms with Crippen LogP contribution in [0, 0.1) is 6.92 Å². The zero-order chi connectivity index (χ0) is 12.8. The molecule has 0 amide bonds. The monoisotopic (exact) mass is 235 g/mol. The average Bonchev–Trinajstić information content (AvgIpc) is 2.28. The van der Waals surface area contributed by atoms with Crippen molar-refractivity contribution in [1.82, 2.24) is 0 Å². The highest BCUT2D eigenvalue weighted by Crippen LogP contribution is 2.23. The molecule has 0 aliphatic rings. The van der Waals surface area contributed by atoms with Crippen molar-refractivity contribution in [2.75, 3.05) is 25.1 Å². The zero-order valence-corrected chi connectivity index (χ0v) is 11.1. The Balaban J connectivity index is 2.71. The van der Waals surface area contributed by atoms with E-state index in [1.54, 1.807) is 6.92 Å². The van der Waals surface area contributed by atoms with Gasteiger partial charge in [0, 0.05) is 25.7 Å². The van der Waals surface area contributed by atoms with Crippen LogP contribution in [-0.2, 0) is 4.79 Å². The molecule has 0 aliphatic heterocycles. The fourth-order valence-corrected chi connectivity index (χ4v) is 1.64. The van der Waals surface area contributed by atoms with E-state index in [2.05, 4.69) is 11.0 Å². The van der Waals surface area contributed by atoms with Gasteiger partial charge in [-0.3, -0.25) is 4.79 Å². The number of hydrogen-bond donors (Lipinski definition) is 0. The second-order valence-corrected chi connectivity index (χ2v) is 4.26. The molecule has 3 heteroatoms. The molecule has 0 saturated carbocycles. The number of aryl methyl sites for hydroxylation is 1. The minimum Gasteiger partial charge on any atom is -0.494 e. The van der Waals surface area contributed by atoms with Gasteiger partial charge in [0.1, 0.15) is 11.5 Å². The smallest absolute Gasteiger partial charge is 0.131 e. The normalized spacial score (nSPS) is 10.1. The van der Waals surface area contributed by atoms with Crippen LogP contribution in [0.1, 0.15) is 25.8 Å². The first-order valence-electron chi connectivity index (χ1n) is 5.98. The molecule has 1 aromatic carbocycles. The van der Waals surface area contributed by atoms with Gasteiger partial charge in [0.05, 0.1) is 6.61 Å². The predicted octanol–water partition coefficient (Wildman–Crippen LogP) is 2.81. The molecule has 0 N–H and O–H groups in total. The van der Waals surface area contributed by atoms with Gasteiger partial charge >= 0.3 is 0 Å². The van der Waals surface area contributed by atoms with Gasteiger partial charge in [-0.15, -0.1) is 0 Å². The molecule has 1 aromatic rings. The third-order valence-electron chi connectivity index (χ3n) is 2.70. The zero-order valence-electron chi connectivity index (χ0n) is 11.1. The van der Waals surface area contributed by atoms with Crippen molar-refractivity contribution in [2.24, 2.45) is 0 Å². The number of hydrogen-bond acceptors (Lipinski definition) is 3. The van der Waals surface area contributed by atoms with Gasteiger partial charge in [-0.25, -0.2) is 0 Å². The molecule has 0 radical (unpaired) electrons. The van der Waals surface area contributed by atoms with Crippen LogP contribution in [0.15, 0.2) is 18.2 Å². The van der Waals surface area contributed by atoms with E-state index in [9.17, 15) is 4.79 Å². The highest BCUT2D eigenvalue weighted by atomic mass is 16.5. The van der Waals surface area contributed by atoms with Gasteiger partial charge < -0.3 is 9.64 Å². The van der Waals surface area contributed by atoms with Gasteiger partial charge in [-0.05, 0) is 44.5 Å². The van der Waals surface area contributed by atoms with E-state index in [1.807, 2.05) is 33.0 Å². The molecule has 0 unspecified atom stereocenters. The molecule has 0 atom stereocenters. The Labute approximate surface area is 103 Å². The Morgan fingerprint density at radius 3 is 2.65 bits per heavy atom. The van der Waals surface area contributed by atoms with Crippen LogP contribution < -0.4 is 9.64 Å². The van der Waals surface area contributed by atoms with Crippen LogP contribution in [-0.4, -0.2) is 26.0 Å². The van der Waals surface area contributed by atoms with Crippen LogP contribution in [0.4, 0.5) is 5.69 Å². The topological polar surface area (TPSA) is 29.5 Å². The van der Waals surface area contributed by atoms with Crippen LogP contribution >= 0.6 is 0 Å². The molecule has 0 heterocycles. The molecule has 0 bridgehead atoms. The Hall–Kier alpha value is -1.51. The minimum atomic E-state index is 0.222. The van der Waals surface area contributed by atoms with Gasteiger partial charge in [0.15, 0.2) is 0 Å². The first-order valence-corrected chi connectivity index (χ1v) is 5.98. The average molecular weight is 235 g/mol. The van der Waals surface area contributed by atoms with E-state index in [1.165, 1.54) is 0 Å². The summed E-state index contributed by atoms with van der Waals surface area (Å²) in [6, 6.07) is 6.10. The largest absolute Gasteiger partial charge is 0.494 e. The predicted molar refractivity (Wildman–Crippen MR) is 70.9 cm³/mol. The lowest BCUT2D eigenvalue weighted by molar-refractivity contribution is -0.116. The SMILES string of the molecule is CCOc1ccc(N(C)CCC(C)=O)cc1C. The summed E-state index contributed by atoms with van der Waals surface area (Å²) in [4.78, 5) is 13.0. The third kappa shape index (κ3) is 4.10. The Morgan fingerprint density at radius 2 is 2.12 bits per heavy atom. The molecule has 0 spiro atoms. The summed E-state index contributed by atoms with van der Waals surface area (Å²) in [7, 11) is 2.00. The Morgan fingerprint density at radius 1 is 1.41 bits per heavy atom. The molecule has 3 nitrogen and oxygen atoms in total. The molecule has 1 rings (SSSR count). The molecular weight excluding hydrogens is 214 g/mol. The Bertz CT molecular complexity index is 388. The number of carbonyl (C=O) groups excluding carboxylic acids is 1. The summed E-state index contributed by atoms with van der Waals surface area (Å²) in [5.74, 6) is 1.15. The number of Topliss-reactive ketones (excluding diaryl/α,β-unsaturated/α-hetero) is 1. The van der Waals surface area contributed by atoms with Gasteiger partial charge in [-0.1, -0.05) is 0 Å². The lowest BCUT2D eigenvalue weighted by atomic mass is 10.2. The van der Waals surface area contributed by atoms with Crippen molar-refractivity contribution < 1.29 is 9.53 Å². The number of ketones is 1. The van der Waals surface area contributed by atoms with Gasteiger partial charge in [0.25, 0.3) is 0 Å². The van der Waals surface area contributed by atoms with Crippen molar-refractivity contribution in [3.8, 4) is 5.75 Å². The maximum absolute atomic E-state index is 10.9. The van der Waals surface area contributed by atoms with Crippen molar-refractivity contribution >= 4 is 11.5 Å². The fraction of sp³-hybridized carbons (Fsp3) is 0.500. The minimum absolute atomic E-state index is 0.222. The van der Waals surface area contributed by atoms with Crippen LogP contribution in [0.2, 0.25) is 0 Å². The lowest BCUT2D eigenvalue weighted by Crippen LogP contribution is -2.20. The summed E-state index contributed by atoms with van der Waals surface area (Å²) in [5.41, 5.74) is 2.24. The molecular formula is C14H21NO2. The third-order valence-corrected chi connectivity index (χ3v) is 2.70. The number of benzene rings is 1. The molecule has 0 aliphatic carbocycles. The standard InChI is InChI=1S/C14H21NO2/c1-5-17-14-7-6-13(10-11(14)2)15(4)9-8-12(3)16/h6-7,10H,5,8-9H2,1-4H3. The van der Waals surface area contributed by atoms with Gasteiger partial charge in [0.2, 0.25) is 0 Å². The van der Waals surface area contributed by atoms with Gasteiger partial charge in [-0.2, -0.15) is 0 Å². The highest BCUT2D eigenvalue weighted by molar-refractivity contribution is 5.76. The Kier molecular flexibility index (Phi) is 5.01. The maximum atomic E-state index is 10.9. The molecule has 17 heavy (non-hydrogen) atoms. The van der Waals surface area contributed by atoms with E-state index in [0.29, 0.717) is 13.0 Å². The molecule has 0 saturated heterocycles. The van der Waals surface area contributed by atoms with E-state index < -0.39 is 0 Å². The van der Waals surface area contributed by atoms with Crippen molar-refractivity contribution in [3.05, 3.63) is 23.8 Å². The van der Waals surface area contributed by atoms with Crippen LogP contribution in [0.5, 0.6) is 5.75 Å². The quantitative estimate of drug-likeness (QED) is 0.759. The number of anilines is 1. The first-order chi connectivity index (χ1) is 8.04. The molecule has 94 valence electrons. The molecule has 0 aromatic heterocycles. The summed E-state index contributed by atoms with van der Waals surface area (Å²) < 4.78 is 5.50. The number of ether oxygens (including phenoxy) is 1. The highest BCUT2D eigenvalue weighted by Gasteiger charge is 2.05. The van der Waals surface area contributed by atoms with E-state index in [0.717, 1.165) is 23.5 Å². The number of carbonyl (C=O) groups is 1. The summed E-state index contributed by atoms with van der Waals surface area (Å²) in [6.45, 7) is 7.07. The first kappa shape index (κ1) is 13.6. The summed E-state index contributed by atoms with van der Waals surface area (Å²) in [5, 5.41) is 0. The van der Waals surface area contributed by atoms with Crippen molar-refractivity contribution in [1.29, 1.82) is 0 Å². The second kappa shape index (κ2) is 6.28. The number of nitrogens with zero attached hydrogens (tertiary/aromatic N) is 1. The lowest BCUT2D eigenvalue weighted by Gasteiger charge is -2.20. The maximum Gasteiger partial charge on any atom is 0.131 e. The summed E-state index contributed by atoms with van der Waals surface area (Å²) in [6.07, 6.45) is 0.586.